The standard InChI is InChI=1S/C20H23BrN4O4S/c1-6-8-29-18(26)15-11(3)22-19-23-20(30-7-2)24-25(19)16(15)12-9-13(21)17(28-5)14(10-12)27-4/h6,9-10,16H,1,7-8H2,2-5H3,(H,22,23,24). The van der Waals surface area contributed by atoms with Crippen molar-refractivity contribution in [1.29, 1.82) is 0 Å². The summed E-state index contributed by atoms with van der Waals surface area (Å²) in [5.41, 5.74) is 1.85. The molecule has 0 saturated heterocycles. The highest BCUT2D eigenvalue weighted by molar-refractivity contribution is 9.10. The number of thioether (sulfide) groups is 1. The fourth-order valence-electron chi connectivity index (χ4n) is 3.20. The van der Waals surface area contributed by atoms with E-state index in [-0.39, 0.29) is 6.61 Å². The van der Waals surface area contributed by atoms with Crippen LogP contribution in [0.15, 0.2) is 45.7 Å². The molecule has 3 rings (SSSR count). The number of allylic oxidation sites excluding steroid dienone is 1. The van der Waals surface area contributed by atoms with Gasteiger partial charge >= 0.3 is 5.97 Å². The SMILES string of the molecule is C=CCOC(=O)C1=C(C)Nc2nc(SCC)nn2C1c1cc(Br)c(OC)c(OC)c1. The van der Waals surface area contributed by atoms with Gasteiger partial charge in [0, 0.05) is 5.70 Å². The minimum Gasteiger partial charge on any atom is -0.493 e. The summed E-state index contributed by atoms with van der Waals surface area (Å²) < 4.78 is 18.7. The molecule has 0 amide bonds. The van der Waals surface area contributed by atoms with Crippen molar-refractivity contribution in [2.75, 3.05) is 31.9 Å². The lowest BCUT2D eigenvalue weighted by molar-refractivity contribution is -0.138. The molecule has 30 heavy (non-hydrogen) atoms. The summed E-state index contributed by atoms with van der Waals surface area (Å²) in [7, 11) is 3.13. The van der Waals surface area contributed by atoms with E-state index in [1.54, 1.807) is 18.9 Å². The summed E-state index contributed by atoms with van der Waals surface area (Å²) in [4.78, 5) is 17.5. The van der Waals surface area contributed by atoms with Crippen LogP contribution in [-0.2, 0) is 9.53 Å². The van der Waals surface area contributed by atoms with Crippen molar-refractivity contribution in [3.8, 4) is 11.5 Å². The zero-order chi connectivity index (χ0) is 21.8. The Hall–Kier alpha value is -2.46. The molecule has 0 fully saturated rings. The number of aromatic nitrogens is 3. The predicted octanol–water partition coefficient (Wildman–Crippen LogP) is 4.19. The molecule has 1 aliphatic rings. The molecule has 1 unspecified atom stereocenters. The van der Waals surface area contributed by atoms with Crippen molar-refractivity contribution in [2.24, 2.45) is 0 Å². The van der Waals surface area contributed by atoms with Crippen molar-refractivity contribution in [1.82, 2.24) is 14.8 Å². The van der Waals surface area contributed by atoms with Crippen LogP contribution < -0.4 is 14.8 Å². The van der Waals surface area contributed by atoms with Crippen LogP contribution in [0.4, 0.5) is 5.95 Å². The van der Waals surface area contributed by atoms with E-state index in [0.717, 1.165) is 11.3 Å². The third kappa shape index (κ3) is 4.20. The smallest absolute Gasteiger partial charge is 0.338 e. The van der Waals surface area contributed by atoms with E-state index in [2.05, 4.69) is 37.9 Å². The first kappa shape index (κ1) is 22.2. The molecule has 0 spiro atoms. The van der Waals surface area contributed by atoms with Crippen LogP contribution in [0.5, 0.6) is 11.5 Å². The van der Waals surface area contributed by atoms with Crippen LogP contribution >= 0.6 is 27.7 Å². The van der Waals surface area contributed by atoms with Crippen LogP contribution in [0.2, 0.25) is 0 Å². The first-order chi connectivity index (χ1) is 14.4. The highest BCUT2D eigenvalue weighted by Gasteiger charge is 2.36. The molecular formula is C20H23BrN4O4S. The van der Waals surface area contributed by atoms with Gasteiger partial charge in [-0.05, 0) is 46.3 Å². The van der Waals surface area contributed by atoms with Crippen LogP contribution in [0.3, 0.4) is 0 Å². The molecule has 160 valence electrons. The molecule has 2 heterocycles. The number of rotatable bonds is 8. The van der Waals surface area contributed by atoms with Gasteiger partial charge < -0.3 is 19.5 Å². The number of halogens is 1. The number of carbonyl (C=O) groups excluding carboxylic acids is 1. The lowest BCUT2D eigenvalue weighted by atomic mass is 9.95. The van der Waals surface area contributed by atoms with Crippen molar-refractivity contribution < 1.29 is 19.0 Å². The second-order valence-corrected chi connectivity index (χ2v) is 8.37. The minimum absolute atomic E-state index is 0.110. The summed E-state index contributed by atoms with van der Waals surface area (Å²) in [6.45, 7) is 7.57. The normalized spacial score (nSPS) is 15.3. The second kappa shape index (κ2) is 9.57. The Morgan fingerprint density at radius 1 is 1.40 bits per heavy atom. The topological polar surface area (TPSA) is 87.5 Å². The molecule has 1 N–H and O–H groups in total. The molecule has 1 aromatic carbocycles. The van der Waals surface area contributed by atoms with Gasteiger partial charge in [-0.25, -0.2) is 9.48 Å². The Kier molecular flexibility index (Phi) is 7.09. The van der Waals surface area contributed by atoms with Crippen molar-refractivity contribution in [2.45, 2.75) is 25.0 Å². The first-order valence-electron chi connectivity index (χ1n) is 9.21. The van der Waals surface area contributed by atoms with Gasteiger partial charge in [0.2, 0.25) is 11.1 Å². The summed E-state index contributed by atoms with van der Waals surface area (Å²) in [5.74, 6) is 2.02. The molecule has 0 bridgehead atoms. The predicted molar refractivity (Wildman–Crippen MR) is 119 cm³/mol. The third-order valence-electron chi connectivity index (χ3n) is 4.43. The maximum absolute atomic E-state index is 13.0. The molecule has 0 radical (unpaired) electrons. The van der Waals surface area contributed by atoms with Crippen molar-refractivity contribution >= 4 is 39.6 Å². The molecule has 0 saturated carbocycles. The quantitative estimate of drug-likeness (QED) is 0.332. The summed E-state index contributed by atoms with van der Waals surface area (Å²) in [6.07, 6.45) is 1.53. The zero-order valence-corrected chi connectivity index (χ0v) is 19.6. The number of benzene rings is 1. The number of ether oxygens (including phenoxy) is 3. The Labute approximate surface area is 187 Å². The maximum atomic E-state index is 13.0. The first-order valence-corrected chi connectivity index (χ1v) is 11.0. The lowest BCUT2D eigenvalue weighted by Crippen LogP contribution is -2.29. The Bertz CT molecular complexity index is 1000. The van der Waals surface area contributed by atoms with E-state index in [9.17, 15) is 4.79 Å². The van der Waals surface area contributed by atoms with Crippen LogP contribution in [0.25, 0.3) is 0 Å². The van der Waals surface area contributed by atoms with Gasteiger partial charge in [-0.2, -0.15) is 4.98 Å². The average molecular weight is 495 g/mol. The third-order valence-corrected chi connectivity index (χ3v) is 5.74. The van der Waals surface area contributed by atoms with Crippen molar-refractivity contribution in [3.63, 3.8) is 0 Å². The number of esters is 1. The molecular weight excluding hydrogens is 472 g/mol. The Balaban J connectivity index is 2.19. The van der Waals surface area contributed by atoms with E-state index in [4.69, 9.17) is 14.2 Å². The van der Waals surface area contributed by atoms with E-state index in [1.807, 2.05) is 26.0 Å². The monoisotopic (exact) mass is 494 g/mol. The largest absolute Gasteiger partial charge is 0.493 e. The number of hydrogen-bond donors (Lipinski definition) is 1. The van der Waals surface area contributed by atoms with Crippen LogP contribution in [-0.4, -0.2) is 47.3 Å². The number of carbonyl (C=O) groups is 1. The molecule has 10 heteroatoms. The number of fused-ring (bicyclic) bond motifs is 1. The highest BCUT2D eigenvalue weighted by Crippen LogP contribution is 2.43. The van der Waals surface area contributed by atoms with Crippen molar-refractivity contribution in [3.05, 3.63) is 46.1 Å². The average Bonchev–Trinajstić information content (AvgIpc) is 3.12. The molecule has 2 aromatic rings. The maximum Gasteiger partial charge on any atom is 0.338 e. The molecule has 1 atom stereocenters. The molecule has 0 aliphatic carbocycles. The molecule has 8 nitrogen and oxygen atoms in total. The van der Waals surface area contributed by atoms with Gasteiger partial charge in [0.25, 0.3) is 0 Å². The fourth-order valence-corrected chi connectivity index (χ4v) is 4.38. The van der Waals surface area contributed by atoms with Gasteiger partial charge in [0.15, 0.2) is 11.5 Å². The number of nitrogens with zero attached hydrogens (tertiary/aromatic N) is 3. The summed E-state index contributed by atoms with van der Waals surface area (Å²) >= 11 is 5.06. The summed E-state index contributed by atoms with van der Waals surface area (Å²) in [6, 6.07) is 3.14. The number of nitrogens with one attached hydrogen (secondary N) is 1. The Morgan fingerprint density at radius 2 is 2.17 bits per heavy atom. The van der Waals surface area contributed by atoms with Gasteiger partial charge in [0.1, 0.15) is 12.6 Å². The number of methoxy groups -OCH3 is 2. The van der Waals surface area contributed by atoms with Gasteiger partial charge in [0.05, 0.1) is 24.3 Å². The Morgan fingerprint density at radius 3 is 2.80 bits per heavy atom. The van der Waals surface area contributed by atoms with Gasteiger partial charge in [-0.1, -0.05) is 31.3 Å². The summed E-state index contributed by atoms with van der Waals surface area (Å²) in [5, 5.41) is 8.43. The van der Waals surface area contributed by atoms with E-state index in [0.29, 0.717) is 38.3 Å². The second-order valence-electron chi connectivity index (χ2n) is 6.29. The fraction of sp³-hybridized carbons (Fsp3) is 0.350. The van der Waals surface area contributed by atoms with Gasteiger partial charge in [-0.15, -0.1) is 5.10 Å². The number of hydrogen-bond acceptors (Lipinski definition) is 8. The highest BCUT2D eigenvalue weighted by atomic mass is 79.9. The van der Waals surface area contributed by atoms with E-state index >= 15 is 0 Å². The molecule has 1 aromatic heterocycles. The van der Waals surface area contributed by atoms with Crippen LogP contribution in [0, 0.1) is 0 Å². The molecule has 1 aliphatic heterocycles. The van der Waals surface area contributed by atoms with E-state index < -0.39 is 12.0 Å². The minimum atomic E-state index is -0.562. The van der Waals surface area contributed by atoms with Gasteiger partial charge in [-0.3, -0.25) is 0 Å². The number of anilines is 1. The lowest BCUT2D eigenvalue weighted by Gasteiger charge is -2.28. The van der Waals surface area contributed by atoms with E-state index in [1.165, 1.54) is 17.8 Å². The zero-order valence-electron chi connectivity index (χ0n) is 17.2. The van der Waals surface area contributed by atoms with Crippen LogP contribution in [0.1, 0.15) is 25.5 Å².